The van der Waals surface area contributed by atoms with Crippen LogP contribution in [0.15, 0.2) is 0 Å². The van der Waals surface area contributed by atoms with Crippen molar-refractivity contribution in [2.45, 2.75) is 246 Å². The molecule has 584 valence electrons. The van der Waals surface area contributed by atoms with Crippen LogP contribution in [0.3, 0.4) is 0 Å². The van der Waals surface area contributed by atoms with Crippen molar-refractivity contribution in [2.75, 3.05) is 39.6 Å². The number of carbonyl (C=O) groups is 9. The minimum absolute atomic E-state index is 0.791. The standard InChI is InChI=1S/C54H88N6O40P2/c1-16(67)55-31-40(79)37(76)25(10-61)89-50(31)94-42-29(14-65)92-53(35(59-20(5)71)47(42)86-23(8)74)99-102(83,84)98-45-34(58-19(4)70)52(91-27(12-63)39(45)78)96-43-30(15-66)93-54(36(60-21(6)72)48(43)87-24(9)75)100-101(81,82)97-44-33(57-18(3)69)51(90-26(11-62)38(44)77)95-41-28(13-64)88-49(80)32(56-17(2)68)46(41)85-22(7)73/h25-54,61-66,76-80H,10-15H2,1-9H3,(H,55,67)(H,56,68)(H,57,69)(H,58,70)(H,59,71)(H,60,72)(H,81,82)(H,83,84)/t25-,26-,27-,28-,29-,30-,31-,32-,33-,34-,35-,36-,37+,38+,39+,40-,41+,42+,43+,44-,45-,46-,47-,48-,49+,50+,51+,52+,53-,54-/m1/s1. The quantitative estimate of drug-likeness (QED) is 0.0188. The van der Waals surface area contributed by atoms with E-state index in [1.54, 1.807) is 0 Å². The van der Waals surface area contributed by atoms with E-state index in [0.717, 1.165) is 62.3 Å². The summed E-state index contributed by atoms with van der Waals surface area (Å²) >= 11 is 0. The summed E-state index contributed by atoms with van der Waals surface area (Å²) in [4.78, 5) is 138. The third kappa shape index (κ3) is 21.9. The van der Waals surface area contributed by atoms with Crippen LogP contribution in [0, 0.1) is 0 Å². The van der Waals surface area contributed by atoms with Crippen molar-refractivity contribution in [2.24, 2.45) is 0 Å². The number of nitrogens with one attached hydrogen (secondary N) is 6. The van der Waals surface area contributed by atoms with Gasteiger partial charge in [-0.1, -0.05) is 0 Å². The highest BCUT2D eigenvalue weighted by atomic mass is 31.2. The number of ether oxygens (including phenoxy) is 12. The Hall–Kier alpha value is -5.35. The van der Waals surface area contributed by atoms with Crippen LogP contribution < -0.4 is 31.9 Å². The third-order valence-corrected chi connectivity index (χ3v) is 18.0. The number of aliphatic hydroxyl groups is 11. The molecular formula is C54H88N6O40P2. The van der Waals surface area contributed by atoms with Gasteiger partial charge in [0.15, 0.2) is 56.1 Å². The molecule has 0 bridgehead atoms. The second-order valence-corrected chi connectivity index (χ2v) is 26.7. The molecule has 6 rings (SSSR count). The predicted octanol–water partition coefficient (Wildman–Crippen LogP) is -11.3. The number of phosphoric ester groups is 2. The summed E-state index contributed by atoms with van der Waals surface area (Å²) in [6, 6.07) is -11.8. The lowest BCUT2D eigenvalue weighted by molar-refractivity contribution is -0.331. The van der Waals surface area contributed by atoms with Crippen LogP contribution >= 0.6 is 15.6 Å². The molecule has 6 saturated heterocycles. The van der Waals surface area contributed by atoms with Crippen molar-refractivity contribution >= 4 is 69.0 Å². The molecule has 19 N–H and O–H groups in total. The second-order valence-electron chi connectivity index (χ2n) is 24.0. The van der Waals surface area contributed by atoms with Gasteiger partial charge in [0, 0.05) is 62.3 Å². The van der Waals surface area contributed by atoms with Gasteiger partial charge in [-0.25, -0.2) is 9.13 Å². The van der Waals surface area contributed by atoms with Crippen LogP contribution in [0.2, 0.25) is 0 Å². The van der Waals surface area contributed by atoms with Crippen molar-refractivity contribution in [3.05, 3.63) is 0 Å². The number of aliphatic hydroxyl groups excluding tert-OH is 11. The van der Waals surface area contributed by atoms with Gasteiger partial charge in [-0.05, 0) is 0 Å². The number of phosphoric acid groups is 2. The fourth-order valence-electron chi connectivity index (χ4n) is 12.1. The maximum Gasteiger partial charge on any atom is 0.475 e. The van der Waals surface area contributed by atoms with Gasteiger partial charge in [-0.3, -0.25) is 61.2 Å². The van der Waals surface area contributed by atoms with Gasteiger partial charge in [0.2, 0.25) is 35.4 Å². The monoisotopic (exact) mass is 1520 g/mol. The van der Waals surface area contributed by atoms with Gasteiger partial charge in [0.1, 0.15) is 128 Å². The SMILES string of the molecule is CC(=O)N[C@@H]1[C@@H](OC(C)=O)[C@@H](O[C@@H]2O[C@H](CO)[C@H](O)[C@H](OP(=O)(O)O[C@H]3O[C@H](CO)[C@H](O[C@@H]4O[C@H](CO)[C@H](O)[C@H](OP(=O)(O)O[C@H]5O[C@H](CO)[C@H](O[C@@H]6O[C@H](CO)[C@H](O)[C@H](O)[C@H]6NC(C)=O)[C@H](OC(C)=O)[C@H]5NC(C)=O)[C@H]4NC(C)=O)[C@H](OC(C)=O)[C@H]3NC(C)=O)[C@H]2NC(C)=O)[C@@H](CO)O[C@@H]1O. The van der Waals surface area contributed by atoms with Gasteiger partial charge >= 0.3 is 33.6 Å². The molecule has 0 aromatic heterocycles. The topological polar surface area (TPSA) is 671 Å². The summed E-state index contributed by atoms with van der Waals surface area (Å²) in [6.07, 6.45) is -49.6. The molecule has 2 unspecified atom stereocenters. The van der Waals surface area contributed by atoms with Crippen molar-refractivity contribution in [3.8, 4) is 0 Å². The van der Waals surface area contributed by atoms with Crippen molar-refractivity contribution in [1.29, 1.82) is 0 Å². The van der Waals surface area contributed by atoms with Gasteiger partial charge in [-0.2, -0.15) is 0 Å². The zero-order valence-electron chi connectivity index (χ0n) is 55.8. The van der Waals surface area contributed by atoms with Crippen LogP contribution in [-0.4, -0.2) is 343 Å². The molecule has 6 fully saturated rings. The Morgan fingerprint density at radius 3 is 0.843 bits per heavy atom. The van der Waals surface area contributed by atoms with E-state index in [4.69, 9.17) is 74.9 Å². The molecule has 0 saturated carbocycles. The summed E-state index contributed by atoms with van der Waals surface area (Å²) in [7, 11) is -12.2. The Morgan fingerprint density at radius 1 is 0.304 bits per heavy atom. The Balaban J connectivity index is 1.33. The fourth-order valence-corrected chi connectivity index (χ4v) is 14.2. The third-order valence-electron chi connectivity index (χ3n) is 16.1. The molecule has 0 aromatic rings. The number of rotatable bonds is 29. The smallest absolute Gasteiger partial charge is 0.457 e. The zero-order valence-corrected chi connectivity index (χ0v) is 57.6. The Labute approximate surface area is 578 Å². The molecular weight excluding hydrogens is 1430 g/mol. The van der Waals surface area contributed by atoms with Crippen LogP contribution in [-0.2, 0) is 127 Å². The van der Waals surface area contributed by atoms with Crippen molar-refractivity contribution in [3.63, 3.8) is 0 Å². The molecule has 0 aromatic carbocycles. The largest absolute Gasteiger partial charge is 0.475 e. The fraction of sp³-hybridized carbons (Fsp3) is 0.833. The highest BCUT2D eigenvalue weighted by Gasteiger charge is 2.61. The first kappa shape index (κ1) is 85.6. The van der Waals surface area contributed by atoms with Gasteiger partial charge in [-0.15, -0.1) is 0 Å². The Kier molecular flexibility index (Phi) is 31.3. The maximum atomic E-state index is 14.6. The number of hydrogen-bond donors (Lipinski definition) is 19. The van der Waals surface area contributed by atoms with E-state index in [2.05, 4.69) is 31.9 Å². The molecule has 32 atom stereocenters. The van der Waals surface area contributed by atoms with Crippen LogP contribution in [0.4, 0.5) is 0 Å². The zero-order chi connectivity index (χ0) is 76.3. The van der Waals surface area contributed by atoms with Gasteiger partial charge in [0.25, 0.3) is 0 Å². The first-order valence-electron chi connectivity index (χ1n) is 31.2. The van der Waals surface area contributed by atoms with E-state index < -0.39 is 293 Å². The summed E-state index contributed by atoms with van der Waals surface area (Å²) in [5.41, 5.74) is 0. The summed E-state index contributed by atoms with van der Waals surface area (Å²) in [5, 5.41) is 133. The molecule has 46 nitrogen and oxygen atoms in total. The van der Waals surface area contributed by atoms with E-state index in [-0.39, 0.29) is 0 Å². The molecule has 0 radical (unpaired) electrons. The number of esters is 3. The Morgan fingerprint density at radius 2 is 0.549 bits per heavy atom. The second kappa shape index (κ2) is 37.3. The molecule has 6 aliphatic rings. The summed E-state index contributed by atoms with van der Waals surface area (Å²) in [5.74, 6) is -9.23. The van der Waals surface area contributed by atoms with E-state index in [0.29, 0.717) is 0 Å². The average molecular weight is 1520 g/mol. The first-order valence-corrected chi connectivity index (χ1v) is 34.2. The molecule has 6 amide bonds. The van der Waals surface area contributed by atoms with E-state index in [1.165, 1.54) is 0 Å². The lowest BCUT2D eigenvalue weighted by Crippen LogP contribution is -2.70. The molecule has 102 heavy (non-hydrogen) atoms. The molecule has 6 aliphatic heterocycles. The summed E-state index contributed by atoms with van der Waals surface area (Å²) < 4.78 is 120. The minimum Gasteiger partial charge on any atom is -0.457 e. The molecule has 0 aliphatic carbocycles. The van der Waals surface area contributed by atoms with Crippen LogP contribution in [0.25, 0.3) is 0 Å². The highest BCUT2D eigenvalue weighted by Crippen LogP contribution is 2.52. The number of hydrogen-bond acceptors (Lipinski definition) is 38. The normalized spacial score (nSPS) is 39.7. The lowest BCUT2D eigenvalue weighted by Gasteiger charge is -2.50. The predicted molar refractivity (Wildman–Crippen MR) is 319 cm³/mol. The van der Waals surface area contributed by atoms with Gasteiger partial charge < -0.3 is 155 Å². The maximum absolute atomic E-state index is 14.6. The van der Waals surface area contributed by atoms with Crippen molar-refractivity contribution < 1.29 is 193 Å². The Bertz CT molecular complexity index is 3000. The highest BCUT2D eigenvalue weighted by molar-refractivity contribution is 7.47. The van der Waals surface area contributed by atoms with Gasteiger partial charge in [0.05, 0.1) is 39.6 Å². The van der Waals surface area contributed by atoms with Crippen molar-refractivity contribution in [1.82, 2.24) is 31.9 Å². The minimum atomic E-state index is -6.09. The van der Waals surface area contributed by atoms with E-state index in [9.17, 15) is 118 Å². The van der Waals surface area contributed by atoms with E-state index >= 15 is 0 Å². The van der Waals surface area contributed by atoms with E-state index in [1.807, 2.05) is 0 Å². The van der Waals surface area contributed by atoms with Crippen LogP contribution in [0.1, 0.15) is 62.3 Å². The van der Waals surface area contributed by atoms with Crippen LogP contribution in [0.5, 0.6) is 0 Å². The number of carbonyl (C=O) groups excluding carboxylic acids is 9. The lowest BCUT2D eigenvalue weighted by atomic mass is 9.94. The first-order chi connectivity index (χ1) is 47.7. The molecule has 0 spiro atoms. The molecule has 48 heteroatoms. The summed E-state index contributed by atoms with van der Waals surface area (Å²) in [6.45, 7) is 1.18. The number of amides is 6. The molecule has 6 heterocycles. The average Bonchev–Trinajstić information content (AvgIpc) is 0.772.